The molecule has 5 nitrogen and oxygen atoms in total. The van der Waals surface area contributed by atoms with Crippen molar-refractivity contribution in [2.75, 3.05) is 17.2 Å². The normalized spacial score (nSPS) is 10.9. The van der Waals surface area contributed by atoms with E-state index < -0.39 is 0 Å². The third-order valence-corrected chi connectivity index (χ3v) is 4.13. The zero-order valence-corrected chi connectivity index (χ0v) is 13.9. The zero-order chi connectivity index (χ0) is 15.2. The number of aromatic nitrogens is 3. The number of anilines is 2. The van der Waals surface area contributed by atoms with E-state index >= 15 is 0 Å². The van der Waals surface area contributed by atoms with Crippen LogP contribution in [0.5, 0.6) is 0 Å². The maximum atomic E-state index is 4.57. The van der Waals surface area contributed by atoms with Crippen LogP contribution in [0.3, 0.4) is 0 Å². The van der Waals surface area contributed by atoms with E-state index in [4.69, 9.17) is 0 Å². The third-order valence-electron chi connectivity index (χ3n) is 2.99. The lowest BCUT2D eigenvalue weighted by molar-refractivity contribution is 0.775. The van der Waals surface area contributed by atoms with Gasteiger partial charge >= 0.3 is 0 Å². The van der Waals surface area contributed by atoms with Gasteiger partial charge in [0.1, 0.15) is 22.5 Å². The van der Waals surface area contributed by atoms with Gasteiger partial charge in [-0.2, -0.15) is 0 Å². The van der Waals surface area contributed by atoms with E-state index in [0.29, 0.717) is 12.5 Å². The van der Waals surface area contributed by atoms with Crippen LogP contribution in [0.25, 0.3) is 0 Å². The smallest absolute Gasteiger partial charge is 0.135 e. The fraction of sp³-hybridized carbons (Fsp3) is 0.533. The van der Waals surface area contributed by atoms with Crippen LogP contribution in [0, 0.1) is 0 Å². The molecule has 21 heavy (non-hydrogen) atoms. The van der Waals surface area contributed by atoms with Crippen molar-refractivity contribution in [1.82, 2.24) is 15.0 Å². The molecule has 0 atom stereocenters. The summed E-state index contributed by atoms with van der Waals surface area (Å²) >= 11 is 1.74. The molecule has 2 aromatic heterocycles. The summed E-state index contributed by atoms with van der Waals surface area (Å²) in [5.74, 6) is 2.87. The average molecular weight is 305 g/mol. The largest absolute Gasteiger partial charge is 0.370 e. The molecule has 0 aliphatic rings. The van der Waals surface area contributed by atoms with Crippen LogP contribution in [-0.2, 0) is 13.0 Å². The molecule has 0 aliphatic heterocycles. The maximum absolute atomic E-state index is 4.57. The number of aryl methyl sites for hydroxylation is 1. The lowest BCUT2D eigenvalue weighted by Gasteiger charge is -2.11. The Kier molecular flexibility index (Phi) is 5.50. The number of hydrogen-bond donors (Lipinski definition) is 2. The monoisotopic (exact) mass is 305 g/mol. The molecule has 2 aromatic rings. The molecule has 6 heteroatoms. The molecule has 114 valence electrons. The van der Waals surface area contributed by atoms with E-state index in [1.54, 1.807) is 11.3 Å². The molecular formula is C15H23N5S. The highest BCUT2D eigenvalue weighted by Gasteiger charge is 2.08. The molecule has 2 N–H and O–H groups in total. The van der Waals surface area contributed by atoms with Crippen molar-refractivity contribution >= 4 is 23.0 Å². The van der Waals surface area contributed by atoms with Gasteiger partial charge in [-0.15, -0.1) is 11.3 Å². The van der Waals surface area contributed by atoms with Gasteiger partial charge in [-0.05, 0) is 13.3 Å². The van der Waals surface area contributed by atoms with Gasteiger partial charge in [0.25, 0.3) is 0 Å². The lowest BCUT2D eigenvalue weighted by Crippen LogP contribution is -2.09. The fourth-order valence-corrected chi connectivity index (χ4v) is 2.65. The number of thiazole rings is 1. The number of nitrogens with one attached hydrogen (secondary N) is 2. The van der Waals surface area contributed by atoms with E-state index in [0.717, 1.165) is 35.4 Å². The predicted octanol–water partition coefficient (Wildman–Crippen LogP) is 3.66. The van der Waals surface area contributed by atoms with Crippen molar-refractivity contribution in [1.29, 1.82) is 0 Å². The molecule has 0 aromatic carbocycles. The first-order valence-electron chi connectivity index (χ1n) is 7.42. The fourth-order valence-electron chi connectivity index (χ4n) is 1.85. The van der Waals surface area contributed by atoms with Crippen molar-refractivity contribution in [3.05, 3.63) is 28.0 Å². The first-order chi connectivity index (χ1) is 10.1. The van der Waals surface area contributed by atoms with Gasteiger partial charge in [-0.3, -0.25) is 0 Å². The predicted molar refractivity (Wildman–Crippen MR) is 89.1 cm³/mol. The molecule has 0 amide bonds. The van der Waals surface area contributed by atoms with Gasteiger partial charge in [0.05, 0.1) is 6.54 Å². The Balaban J connectivity index is 2.10. The van der Waals surface area contributed by atoms with Crippen LogP contribution in [0.15, 0.2) is 12.3 Å². The Hall–Kier alpha value is -1.69. The quantitative estimate of drug-likeness (QED) is 0.817. The highest BCUT2D eigenvalue weighted by atomic mass is 32.1. The molecule has 0 aliphatic carbocycles. The summed E-state index contributed by atoms with van der Waals surface area (Å²) in [5.41, 5.74) is 0. The zero-order valence-electron chi connectivity index (χ0n) is 13.1. The summed E-state index contributed by atoms with van der Waals surface area (Å²) in [6.07, 6.45) is 2.98. The minimum atomic E-state index is 0.302. The number of rotatable bonds is 7. The average Bonchev–Trinajstić information content (AvgIpc) is 2.93. The molecule has 0 fully saturated rings. The Labute approximate surface area is 130 Å². The van der Waals surface area contributed by atoms with Crippen LogP contribution < -0.4 is 10.6 Å². The summed E-state index contributed by atoms with van der Waals surface area (Å²) in [7, 11) is 0. The van der Waals surface area contributed by atoms with Gasteiger partial charge in [0.15, 0.2) is 0 Å². The van der Waals surface area contributed by atoms with Crippen LogP contribution in [0.2, 0.25) is 0 Å². The molecule has 2 rings (SSSR count). The molecule has 0 unspecified atom stereocenters. The first-order valence-corrected chi connectivity index (χ1v) is 8.24. The Bertz CT molecular complexity index is 579. The van der Waals surface area contributed by atoms with Crippen LogP contribution >= 0.6 is 11.3 Å². The molecule has 0 saturated heterocycles. The Morgan fingerprint density at radius 3 is 2.43 bits per heavy atom. The van der Waals surface area contributed by atoms with E-state index in [1.165, 1.54) is 4.88 Å². The molecule has 0 radical (unpaired) electrons. The molecule has 2 heterocycles. The highest BCUT2D eigenvalue weighted by Crippen LogP contribution is 2.19. The van der Waals surface area contributed by atoms with E-state index in [-0.39, 0.29) is 0 Å². The summed E-state index contributed by atoms with van der Waals surface area (Å²) in [5, 5.41) is 7.68. The second-order valence-electron chi connectivity index (χ2n) is 5.11. The Morgan fingerprint density at radius 2 is 1.86 bits per heavy atom. The lowest BCUT2D eigenvalue weighted by atomic mass is 10.2. The summed E-state index contributed by atoms with van der Waals surface area (Å²) in [4.78, 5) is 14.8. The van der Waals surface area contributed by atoms with Crippen molar-refractivity contribution in [3.8, 4) is 0 Å². The van der Waals surface area contributed by atoms with Crippen molar-refractivity contribution in [3.63, 3.8) is 0 Å². The van der Waals surface area contributed by atoms with E-state index in [1.807, 2.05) is 12.3 Å². The second kappa shape index (κ2) is 7.36. The maximum Gasteiger partial charge on any atom is 0.135 e. The third kappa shape index (κ3) is 4.39. The molecular weight excluding hydrogens is 282 g/mol. The van der Waals surface area contributed by atoms with Crippen LogP contribution in [-0.4, -0.2) is 21.5 Å². The molecule has 0 bridgehead atoms. The summed E-state index contributed by atoms with van der Waals surface area (Å²) < 4.78 is 0. The summed E-state index contributed by atoms with van der Waals surface area (Å²) in [6, 6.07) is 1.95. The molecule has 0 spiro atoms. The van der Waals surface area contributed by atoms with Gasteiger partial charge in [0.2, 0.25) is 0 Å². The second-order valence-corrected chi connectivity index (χ2v) is 6.31. The van der Waals surface area contributed by atoms with E-state index in [9.17, 15) is 0 Å². The van der Waals surface area contributed by atoms with Crippen LogP contribution in [0.1, 0.15) is 49.3 Å². The van der Waals surface area contributed by atoms with Crippen molar-refractivity contribution in [2.24, 2.45) is 0 Å². The van der Waals surface area contributed by atoms with Crippen molar-refractivity contribution < 1.29 is 0 Å². The minimum Gasteiger partial charge on any atom is -0.370 e. The minimum absolute atomic E-state index is 0.302. The summed E-state index contributed by atoms with van der Waals surface area (Å²) in [6.45, 7) is 9.95. The van der Waals surface area contributed by atoms with Gasteiger partial charge in [-0.1, -0.05) is 20.8 Å². The SMILES string of the molecule is CCNc1cc(NCc2ncc(CC)s2)nc(C(C)C)n1. The number of nitrogens with zero attached hydrogens (tertiary/aromatic N) is 3. The Morgan fingerprint density at radius 1 is 1.14 bits per heavy atom. The van der Waals surface area contributed by atoms with Crippen LogP contribution in [0.4, 0.5) is 11.6 Å². The first kappa shape index (κ1) is 15.7. The van der Waals surface area contributed by atoms with Gasteiger partial charge in [-0.25, -0.2) is 15.0 Å². The molecule has 0 saturated carbocycles. The number of hydrogen-bond acceptors (Lipinski definition) is 6. The van der Waals surface area contributed by atoms with Crippen molar-refractivity contribution in [2.45, 2.75) is 46.6 Å². The van der Waals surface area contributed by atoms with E-state index in [2.05, 4.69) is 53.3 Å². The standard InChI is InChI=1S/C15H23N5S/c1-5-11-8-18-14(21-11)9-17-13-7-12(16-6-2)19-15(20-13)10(3)4/h7-8,10H,5-6,9H2,1-4H3,(H2,16,17,19,20). The van der Waals surface area contributed by atoms with Gasteiger partial charge in [0, 0.05) is 29.6 Å². The topological polar surface area (TPSA) is 62.7 Å². The highest BCUT2D eigenvalue weighted by molar-refractivity contribution is 7.11. The van der Waals surface area contributed by atoms with Gasteiger partial charge < -0.3 is 10.6 Å².